The molecule has 0 spiro atoms. The number of aromatic amines is 1. The zero-order valence-corrected chi connectivity index (χ0v) is 16.5. The van der Waals surface area contributed by atoms with E-state index in [2.05, 4.69) is 10.3 Å². The predicted octanol–water partition coefficient (Wildman–Crippen LogP) is 3.21. The molecule has 3 rings (SSSR count). The number of alkyl halides is 1. The highest BCUT2D eigenvalue weighted by Gasteiger charge is 2.34. The largest absolute Gasteiger partial charge is 0.345 e. The SMILES string of the molecule is Cc1cc(C(=O)NC2Cc3ccccc3N(CC#N)C2=O)[nH]c1SC(C)Cl. The quantitative estimate of drug-likeness (QED) is 0.456. The molecule has 0 saturated heterocycles. The lowest BCUT2D eigenvalue weighted by atomic mass is 9.97. The number of nitriles is 1. The van der Waals surface area contributed by atoms with Crippen LogP contribution in [-0.2, 0) is 11.2 Å². The Hall–Kier alpha value is -2.43. The summed E-state index contributed by atoms with van der Waals surface area (Å²) in [7, 11) is 0. The second-order valence-corrected chi connectivity index (χ2v) is 8.56. The van der Waals surface area contributed by atoms with Crippen molar-refractivity contribution in [3.63, 3.8) is 0 Å². The molecule has 1 aliphatic rings. The molecular weight excluding hydrogens is 384 g/mol. The number of carbonyl (C=O) groups excluding carboxylic acids is 2. The number of aromatic nitrogens is 1. The number of H-pyrrole nitrogens is 1. The first kappa shape index (κ1) is 19.3. The van der Waals surface area contributed by atoms with Gasteiger partial charge in [-0.25, -0.2) is 0 Å². The van der Waals surface area contributed by atoms with Gasteiger partial charge in [0, 0.05) is 12.1 Å². The highest BCUT2D eigenvalue weighted by atomic mass is 35.5. The standard InChI is InChI=1S/C19H19ClN4O2S/c1-11-9-14(23-18(11)27-12(2)20)17(25)22-15-10-13-5-3-4-6-16(13)24(8-7-21)19(15)26/h3-6,9,12,15,23H,8,10H2,1-2H3,(H,22,25). The molecule has 1 aromatic carbocycles. The molecule has 2 aromatic rings. The van der Waals surface area contributed by atoms with E-state index in [1.807, 2.05) is 44.2 Å². The molecule has 0 radical (unpaired) electrons. The summed E-state index contributed by atoms with van der Waals surface area (Å²) in [5.41, 5.74) is 2.95. The summed E-state index contributed by atoms with van der Waals surface area (Å²) < 4.78 is -0.130. The topological polar surface area (TPSA) is 89.0 Å². The molecule has 27 heavy (non-hydrogen) atoms. The Balaban J connectivity index is 1.80. The van der Waals surface area contributed by atoms with Gasteiger partial charge in [-0.15, -0.1) is 11.6 Å². The third-order valence-corrected chi connectivity index (χ3v) is 5.55. The summed E-state index contributed by atoms with van der Waals surface area (Å²) in [6.07, 6.45) is 0.392. The third-order valence-electron chi connectivity index (χ3n) is 4.30. The van der Waals surface area contributed by atoms with Crippen LogP contribution in [0.15, 0.2) is 35.4 Å². The summed E-state index contributed by atoms with van der Waals surface area (Å²) in [6, 6.07) is 10.5. The van der Waals surface area contributed by atoms with Gasteiger partial charge >= 0.3 is 0 Å². The van der Waals surface area contributed by atoms with Crippen molar-refractivity contribution in [3.05, 3.63) is 47.2 Å². The molecule has 2 N–H and O–H groups in total. The van der Waals surface area contributed by atoms with Gasteiger partial charge in [0.2, 0.25) is 0 Å². The van der Waals surface area contributed by atoms with Crippen LogP contribution < -0.4 is 10.2 Å². The van der Waals surface area contributed by atoms with E-state index in [1.54, 1.807) is 6.07 Å². The maximum atomic E-state index is 12.8. The van der Waals surface area contributed by atoms with Gasteiger partial charge < -0.3 is 10.3 Å². The predicted molar refractivity (Wildman–Crippen MR) is 106 cm³/mol. The Morgan fingerprint density at radius 2 is 2.26 bits per heavy atom. The number of hydrogen-bond acceptors (Lipinski definition) is 4. The molecule has 2 amide bonds. The lowest BCUT2D eigenvalue weighted by Crippen LogP contribution is -2.53. The van der Waals surface area contributed by atoms with E-state index in [0.717, 1.165) is 21.8 Å². The van der Waals surface area contributed by atoms with E-state index in [-0.39, 0.29) is 23.1 Å². The number of halogens is 1. The lowest BCUT2D eigenvalue weighted by Gasteiger charge is -2.32. The molecule has 2 unspecified atom stereocenters. The number of benzene rings is 1. The number of para-hydroxylation sites is 1. The van der Waals surface area contributed by atoms with Crippen LogP contribution in [0.5, 0.6) is 0 Å². The van der Waals surface area contributed by atoms with Crippen LogP contribution >= 0.6 is 23.4 Å². The number of anilines is 1. The van der Waals surface area contributed by atoms with Gasteiger partial charge in [0.1, 0.15) is 18.3 Å². The maximum absolute atomic E-state index is 12.8. The van der Waals surface area contributed by atoms with Crippen molar-refractivity contribution < 1.29 is 9.59 Å². The maximum Gasteiger partial charge on any atom is 0.268 e. The summed E-state index contributed by atoms with van der Waals surface area (Å²) in [6.45, 7) is 3.69. The van der Waals surface area contributed by atoms with Crippen LogP contribution in [0.2, 0.25) is 0 Å². The number of rotatable bonds is 5. The monoisotopic (exact) mass is 402 g/mol. The van der Waals surface area contributed by atoms with Crippen molar-refractivity contribution in [2.45, 2.75) is 36.0 Å². The summed E-state index contributed by atoms with van der Waals surface area (Å²) in [4.78, 5) is 29.9. The van der Waals surface area contributed by atoms with Gasteiger partial charge in [0.25, 0.3) is 11.8 Å². The Morgan fingerprint density at radius 1 is 1.52 bits per heavy atom. The molecule has 2 heterocycles. The smallest absolute Gasteiger partial charge is 0.268 e. The highest BCUT2D eigenvalue weighted by Crippen LogP contribution is 2.29. The molecule has 1 aromatic heterocycles. The van der Waals surface area contributed by atoms with Crippen LogP contribution in [0.25, 0.3) is 0 Å². The van der Waals surface area contributed by atoms with Gasteiger partial charge in [0.15, 0.2) is 0 Å². The Morgan fingerprint density at radius 3 is 2.96 bits per heavy atom. The molecule has 2 atom stereocenters. The first-order valence-corrected chi connectivity index (χ1v) is 9.79. The van der Waals surface area contributed by atoms with E-state index in [4.69, 9.17) is 16.9 Å². The molecule has 8 heteroatoms. The third kappa shape index (κ3) is 4.12. The minimum Gasteiger partial charge on any atom is -0.345 e. The Labute approximate surface area is 166 Å². The van der Waals surface area contributed by atoms with E-state index in [1.165, 1.54) is 16.7 Å². The van der Waals surface area contributed by atoms with Crippen molar-refractivity contribution in [1.29, 1.82) is 5.26 Å². The normalized spacial score (nSPS) is 17.2. The second kappa shape index (κ2) is 8.07. The summed E-state index contributed by atoms with van der Waals surface area (Å²) in [5.74, 6) is -0.641. The van der Waals surface area contributed by atoms with Crippen LogP contribution in [-0.4, -0.2) is 34.1 Å². The number of nitrogens with one attached hydrogen (secondary N) is 2. The Kier molecular flexibility index (Phi) is 5.78. The molecule has 0 aliphatic carbocycles. The molecule has 0 fully saturated rings. The van der Waals surface area contributed by atoms with Gasteiger partial charge in [-0.2, -0.15) is 5.26 Å². The zero-order chi connectivity index (χ0) is 19.6. The van der Waals surface area contributed by atoms with E-state index in [9.17, 15) is 9.59 Å². The van der Waals surface area contributed by atoms with Gasteiger partial charge in [-0.05, 0) is 37.1 Å². The van der Waals surface area contributed by atoms with Crippen molar-refractivity contribution in [2.24, 2.45) is 0 Å². The molecule has 6 nitrogen and oxygen atoms in total. The van der Waals surface area contributed by atoms with Crippen molar-refractivity contribution >= 4 is 40.9 Å². The van der Waals surface area contributed by atoms with Crippen LogP contribution in [0.1, 0.15) is 28.5 Å². The minimum absolute atomic E-state index is 0.0573. The van der Waals surface area contributed by atoms with Crippen molar-refractivity contribution in [3.8, 4) is 6.07 Å². The highest BCUT2D eigenvalue weighted by molar-refractivity contribution is 8.01. The Bertz CT molecular complexity index is 919. The fourth-order valence-corrected chi connectivity index (χ4v) is 4.10. The molecular formula is C19H19ClN4O2S. The van der Waals surface area contributed by atoms with Gasteiger partial charge in [-0.3, -0.25) is 14.5 Å². The average molecular weight is 403 g/mol. The molecule has 1 aliphatic heterocycles. The molecule has 140 valence electrons. The number of thioether (sulfide) groups is 1. The van der Waals surface area contributed by atoms with Crippen molar-refractivity contribution in [2.75, 3.05) is 11.4 Å². The number of aryl methyl sites for hydroxylation is 1. The fourth-order valence-electron chi connectivity index (χ4n) is 3.09. The number of amides is 2. The second-order valence-electron chi connectivity index (χ2n) is 6.30. The van der Waals surface area contributed by atoms with Crippen molar-refractivity contribution in [1.82, 2.24) is 10.3 Å². The lowest BCUT2D eigenvalue weighted by molar-refractivity contribution is -0.120. The van der Waals surface area contributed by atoms with Crippen LogP contribution in [0.4, 0.5) is 5.69 Å². The first-order chi connectivity index (χ1) is 12.9. The van der Waals surface area contributed by atoms with Crippen LogP contribution in [0, 0.1) is 18.3 Å². The summed E-state index contributed by atoms with van der Waals surface area (Å²) >= 11 is 7.43. The van der Waals surface area contributed by atoms with E-state index in [0.29, 0.717) is 12.1 Å². The molecule has 0 saturated carbocycles. The minimum atomic E-state index is -0.715. The number of hydrogen-bond donors (Lipinski definition) is 2. The fraction of sp³-hybridized carbons (Fsp3) is 0.316. The molecule has 0 bridgehead atoms. The van der Waals surface area contributed by atoms with Gasteiger partial charge in [0.05, 0.1) is 15.8 Å². The van der Waals surface area contributed by atoms with E-state index >= 15 is 0 Å². The van der Waals surface area contributed by atoms with Crippen LogP contribution in [0.3, 0.4) is 0 Å². The van der Waals surface area contributed by atoms with Gasteiger partial charge in [-0.1, -0.05) is 30.0 Å². The first-order valence-electron chi connectivity index (χ1n) is 8.48. The average Bonchev–Trinajstić information content (AvgIpc) is 2.98. The number of carbonyl (C=O) groups is 2. The van der Waals surface area contributed by atoms with E-state index < -0.39 is 6.04 Å². The number of fused-ring (bicyclic) bond motifs is 1. The summed E-state index contributed by atoms with van der Waals surface area (Å²) in [5, 5.41) is 12.7. The number of nitrogens with zero attached hydrogens (tertiary/aromatic N) is 2. The zero-order valence-electron chi connectivity index (χ0n) is 15.0.